The van der Waals surface area contributed by atoms with E-state index in [1.54, 1.807) is 0 Å². The van der Waals surface area contributed by atoms with Crippen LogP contribution in [-0.2, 0) is 6.42 Å². The fraction of sp³-hybridized carbons (Fsp3) is 0.462. The molecular weight excluding hydrogens is 220 g/mol. The zero-order valence-electron chi connectivity index (χ0n) is 9.63. The number of hydrogen-bond donors (Lipinski definition) is 0. The largest absolute Gasteiger partial charge is 0.368 e. The summed E-state index contributed by atoms with van der Waals surface area (Å²) in [4.78, 5) is 2.38. The molecular formula is C13H15ClN2. The summed E-state index contributed by atoms with van der Waals surface area (Å²) >= 11 is 6.22. The first kappa shape index (κ1) is 11.3. The van der Waals surface area contributed by atoms with Crippen LogP contribution in [0.15, 0.2) is 12.1 Å². The van der Waals surface area contributed by atoms with Gasteiger partial charge in [0.15, 0.2) is 0 Å². The van der Waals surface area contributed by atoms with Gasteiger partial charge in [-0.3, -0.25) is 0 Å². The number of benzene rings is 1. The highest BCUT2D eigenvalue weighted by atomic mass is 35.5. The molecule has 0 aromatic heterocycles. The summed E-state index contributed by atoms with van der Waals surface area (Å²) in [7, 11) is 0. The summed E-state index contributed by atoms with van der Waals surface area (Å²) < 4.78 is 0. The van der Waals surface area contributed by atoms with Gasteiger partial charge in [0, 0.05) is 18.3 Å². The monoisotopic (exact) mass is 234 g/mol. The summed E-state index contributed by atoms with van der Waals surface area (Å²) in [6.07, 6.45) is 2.07. The van der Waals surface area contributed by atoms with Crippen molar-refractivity contribution >= 4 is 17.3 Å². The fourth-order valence-corrected chi connectivity index (χ4v) is 2.53. The molecule has 0 radical (unpaired) electrons. The number of nitriles is 1. The van der Waals surface area contributed by atoms with E-state index in [0.29, 0.717) is 16.6 Å². The van der Waals surface area contributed by atoms with Crippen molar-refractivity contribution in [2.75, 3.05) is 11.4 Å². The van der Waals surface area contributed by atoms with Crippen LogP contribution in [-0.4, -0.2) is 12.6 Å². The Balaban J connectivity index is 2.43. The summed E-state index contributed by atoms with van der Waals surface area (Å²) in [5.41, 5.74) is 2.94. The Kier molecular flexibility index (Phi) is 3.07. The van der Waals surface area contributed by atoms with Gasteiger partial charge in [0.25, 0.3) is 0 Å². The molecule has 1 atom stereocenters. The minimum absolute atomic E-state index is 0.533. The highest BCUT2D eigenvalue weighted by molar-refractivity contribution is 6.33. The van der Waals surface area contributed by atoms with E-state index >= 15 is 0 Å². The molecule has 2 rings (SSSR count). The Bertz CT molecular complexity index is 448. The van der Waals surface area contributed by atoms with Crippen molar-refractivity contribution in [3.05, 3.63) is 28.3 Å². The van der Waals surface area contributed by atoms with Crippen LogP contribution in [0.25, 0.3) is 0 Å². The highest BCUT2D eigenvalue weighted by Crippen LogP contribution is 2.36. The van der Waals surface area contributed by atoms with Crippen LogP contribution < -0.4 is 4.90 Å². The van der Waals surface area contributed by atoms with E-state index in [9.17, 15) is 0 Å². The van der Waals surface area contributed by atoms with E-state index in [1.807, 2.05) is 12.1 Å². The lowest BCUT2D eigenvalue weighted by molar-refractivity contribution is 0.635. The molecule has 2 nitrogen and oxygen atoms in total. The molecule has 1 aliphatic rings. The molecule has 0 spiro atoms. The van der Waals surface area contributed by atoms with Gasteiger partial charge in [-0.05, 0) is 37.5 Å². The lowest BCUT2D eigenvalue weighted by atomic mass is 10.1. The van der Waals surface area contributed by atoms with Crippen molar-refractivity contribution in [3.63, 3.8) is 0 Å². The second kappa shape index (κ2) is 4.35. The molecule has 0 amide bonds. The summed E-state index contributed by atoms with van der Waals surface area (Å²) in [6, 6.07) is 6.51. The SMILES string of the molecule is CCC(C)N1CCc2c1ccc(C#N)c2Cl. The van der Waals surface area contributed by atoms with Gasteiger partial charge in [0.1, 0.15) is 6.07 Å². The smallest absolute Gasteiger partial charge is 0.101 e. The van der Waals surface area contributed by atoms with Gasteiger partial charge in [0.2, 0.25) is 0 Å². The third-order valence-electron chi connectivity index (χ3n) is 3.37. The number of fused-ring (bicyclic) bond motifs is 1. The molecule has 0 aliphatic carbocycles. The van der Waals surface area contributed by atoms with Gasteiger partial charge in [-0.1, -0.05) is 18.5 Å². The molecule has 0 N–H and O–H groups in total. The average molecular weight is 235 g/mol. The van der Waals surface area contributed by atoms with Crippen molar-refractivity contribution < 1.29 is 0 Å². The summed E-state index contributed by atoms with van der Waals surface area (Å²) in [5, 5.41) is 9.57. The van der Waals surface area contributed by atoms with Gasteiger partial charge in [-0.15, -0.1) is 0 Å². The molecule has 3 heteroatoms. The minimum atomic E-state index is 0.533. The third kappa shape index (κ3) is 1.66. The lowest BCUT2D eigenvalue weighted by Gasteiger charge is -2.26. The standard InChI is InChI=1S/C13H15ClN2/c1-3-9(2)16-7-6-11-12(16)5-4-10(8-15)13(11)14/h4-5,9H,3,6-7H2,1-2H3. The van der Waals surface area contributed by atoms with E-state index in [2.05, 4.69) is 24.8 Å². The molecule has 1 unspecified atom stereocenters. The molecule has 1 aliphatic heterocycles. The third-order valence-corrected chi connectivity index (χ3v) is 3.81. The molecule has 0 saturated heterocycles. The minimum Gasteiger partial charge on any atom is -0.368 e. The van der Waals surface area contributed by atoms with E-state index in [0.717, 1.165) is 24.9 Å². The predicted molar refractivity (Wildman–Crippen MR) is 67.0 cm³/mol. The number of anilines is 1. The van der Waals surface area contributed by atoms with Crippen molar-refractivity contribution in [3.8, 4) is 6.07 Å². The van der Waals surface area contributed by atoms with Crippen LogP contribution >= 0.6 is 11.6 Å². The van der Waals surface area contributed by atoms with Gasteiger partial charge in [0.05, 0.1) is 10.6 Å². The molecule has 16 heavy (non-hydrogen) atoms. The normalized spacial score (nSPS) is 15.8. The van der Waals surface area contributed by atoms with E-state index in [4.69, 9.17) is 16.9 Å². The Morgan fingerprint density at radius 3 is 2.94 bits per heavy atom. The molecule has 0 bridgehead atoms. The van der Waals surface area contributed by atoms with Crippen molar-refractivity contribution in [2.24, 2.45) is 0 Å². The van der Waals surface area contributed by atoms with Gasteiger partial charge >= 0.3 is 0 Å². The molecule has 84 valence electrons. The first-order chi connectivity index (χ1) is 7.69. The summed E-state index contributed by atoms with van der Waals surface area (Å²) in [5.74, 6) is 0. The predicted octanol–water partition coefficient (Wildman–Crippen LogP) is 3.37. The molecule has 1 aromatic rings. The van der Waals surface area contributed by atoms with Crippen molar-refractivity contribution in [1.82, 2.24) is 0 Å². The van der Waals surface area contributed by atoms with Gasteiger partial charge < -0.3 is 4.90 Å². The maximum Gasteiger partial charge on any atom is 0.101 e. The molecule has 0 fully saturated rings. The van der Waals surface area contributed by atoms with Crippen LogP contribution in [0.5, 0.6) is 0 Å². The van der Waals surface area contributed by atoms with E-state index in [-0.39, 0.29) is 0 Å². The number of hydrogen-bond acceptors (Lipinski definition) is 2. The topological polar surface area (TPSA) is 27.0 Å². The first-order valence-corrected chi connectivity index (χ1v) is 6.05. The molecule has 1 heterocycles. The summed E-state index contributed by atoms with van der Waals surface area (Å²) in [6.45, 7) is 5.42. The maximum absolute atomic E-state index is 8.92. The second-order valence-electron chi connectivity index (χ2n) is 4.24. The van der Waals surface area contributed by atoms with E-state index in [1.165, 1.54) is 5.69 Å². The Hall–Kier alpha value is -1.20. The Morgan fingerprint density at radius 2 is 2.31 bits per heavy atom. The Labute approximate surface area is 101 Å². The van der Waals surface area contributed by atoms with Crippen molar-refractivity contribution in [2.45, 2.75) is 32.7 Å². The maximum atomic E-state index is 8.92. The average Bonchev–Trinajstić information content (AvgIpc) is 2.73. The van der Waals surface area contributed by atoms with Crippen LogP contribution in [0.3, 0.4) is 0 Å². The number of rotatable bonds is 2. The van der Waals surface area contributed by atoms with Crippen LogP contribution in [0.2, 0.25) is 5.02 Å². The second-order valence-corrected chi connectivity index (χ2v) is 4.62. The van der Waals surface area contributed by atoms with Crippen LogP contribution in [0.1, 0.15) is 31.4 Å². The molecule has 1 aromatic carbocycles. The fourth-order valence-electron chi connectivity index (χ4n) is 2.24. The number of nitrogens with zero attached hydrogens (tertiary/aromatic N) is 2. The van der Waals surface area contributed by atoms with Gasteiger partial charge in [-0.2, -0.15) is 5.26 Å². The van der Waals surface area contributed by atoms with E-state index < -0.39 is 0 Å². The lowest BCUT2D eigenvalue weighted by Crippen LogP contribution is -2.30. The van der Waals surface area contributed by atoms with Crippen LogP contribution in [0.4, 0.5) is 5.69 Å². The van der Waals surface area contributed by atoms with Crippen LogP contribution in [0, 0.1) is 11.3 Å². The first-order valence-electron chi connectivity index (χ1n) is 5.67. The molecule has 0 saturated carbocycles. The van der Waals surface area contributed by atoms with Crippen molar-refractivity contribution in [1.29, 1.82) is 5.26 Å². The Morgan fingerprint density at radius 1 is 1.56 bits per heavy atom. The van der Waals surface area contributed by atoms with Gasteiger partial charge in [-0.25, -0.2) is 0 Å². The zero-order valence-corrected chi connectivity index (χ0v) is 10.4. The highest BCUT2D eigenvalue weighted by Gasteiger charge is 2.25. The quantitative estimate of drug-likeness (QED) is 0.785. The number of halogens is 1. The zero-order chi connectivity index (χ0) is 11.7.